The summed E-state index contributed by atoms with van der Waals surface area (Å²) in [7, 11) is 0. The molecule has 0 aliphatic rings. The zero-order valence-corrected chi connectivity index (χ0v) is 12.3. The van der Waals surface area contributed by atoms with Gasteiger partial charge in [-0.05, 0) is 30.0 Å². The van der Waals surface area contributed by atoms with Crippen LogP contribution in [-0.4, -0.2) is 9.97 Å². The van der Waals surface area contributed by atoms with Crippen LogP contribution in [0.5, 0.6) is 11.6 Å². The third kappa shape index (κ3) is 3.24. The molecule has 0 fully saturated rings. The Kier molecular flexibility index (Phi) is 3.76. The summed E-state index contributed by atoms with van der Waals surface area (Å²) in [4.78, 5) is 8.05. The molecular formula is C15H17ClN2O. The Morgan fingerprint density at radius 1 is 1.16 bits per heavy atom. The first-order chi connectivity index (χ1) is 8.88. The van der Waals surface area contributed by atoms with Gasteiger partial charge in [-0.2, -0.15) is 4.98 Å². The Balaban J connectivity index is 2.41. The lowest BCUT2D eigenvalue weighted by atomic mass is 9.86. The highest BCUT2D eigenvalue weighted by molar-refractivity contribution is 6.28. The molecule has 2 aromatic rings. The van der Waals surface area contributed by atoms with Gasteiger partial charge < -0.3 is 4.74 Å². The first kappa shape index (κ1) is 13.8. The minimum Gasteiger partial charge on any atom is -0.438 e. The Bertz CT molecular complexity index is 591. The predicted octanol–water partition coefficient (Wildman–Crippen LogP) is 4.53. The largest absolute Gasteiger partial charge is 0.438 e. The van der Waals surface area contributed by atoms with Gasteiger partial charge in [-0.1, -0.05) is 39.0 Å². The van der Waals surface area contributed by atoms with Crippen LogP contribution in [0.3, 0.4) is 0 Å². The number of ether oxygens (including phenoxy) is 1. The Hall–Kier alpha value is -1.61. The van der Waals surface area contributed by atoms with Gasteiger partial charge in [0.25, 0.3) is 0 Å². The van der Waals surface area contributed by atoms with E-state index in [1.54, 1.807) is 6.20 Å². The fourth-order valence-corrected chi connectivity index (χ4v) is 1.91. The highest BCUT2D eigenvalue weighted by atomic mass is 35.5. The van der Waals surface area contributed by atoms with Crippen molar-refractivity contribution in [3.8, 4) is 11.6 Å². The zero-order chi connectivity index (χ0) is 14.0. The molecule has 1 aromatic heterocycles. The summed E-state index contributed by atoms with van der Waals surface area (Å²) in [5.74, 6) is 1.30. The van der Waals surface area contributed by atoms with Crippen molar-refractivity contribution < 1.29 is 4.74 Å². The fraction of sp³-hybridized carbons (Fsp3) is 0.333. The predicted molar refractivity (Wildman–Crippen MR) is 77.0 cm³/mol. The molecular weight excluding hydrogens is 260 g/mol. The molecule has 0 aliphatic heterocycles. The quantitative estimate of drug-likeness (QED) is 0.756. The summed E-state index contributed by atoms with van der Waals surface area (Å²) in [6, 6.07) is 7.96. The number of hydrogen-bond acceptors (Lipinski definition) is 3. The molecule has 0 amide bonds. The zero-order valence-electron chi connectivity index (χ0n) is 11.6. The van der Waals surface area contributed by atoms with Crippen LogP contribution in [0.4, 0.5) is 0 Å². The number of rotatable bonds is 2. The topological polar surface area (TPSA) is 35.0 Å². The molecule has 1 heterocycles. The van der Waals surface area contributed by atoms with Crippen LogP contribution < -0.4 is 4.74 Å². The number of hydrogen-bond donors (Lipinski definition) is 0. The molecule has 100 valence electrons. The molecule has 0 radical (unpaired) electrons. The van der Waals surface area contributed by atoms with E-state index in [1.807, 2.05) is 25.1 Å². The molecule has 0 bridgehead atoms. The van der Waals surface area contributed by atoms with Crippen LogP contribution in [-0.2, 0) is 5.41 Å². The van der Waals surface area contributed by atoms with Crippen LogP contribution in [0.25, 0.3) is 0 Å². The minimum absolute atomic E-state index is 0.00131. The van der Waals surface area contributed by atoms with E-state index >= 15 is 0 Å². The van der Waals surface area contributed by atoms with Gasteiger partial charge in [-0.25, -0.2) is 4.98 Å². The molecule has 1 aromatic carbocycles. The first-order valence-corrected chi connectivity index (χ1v) is 6.52. The number of halogens is 1. The van der Waals surface area contributed by atoms with Crippen molar-refractivity contribution >= 4 is 11.6 Å². The van der Waals surface area contributed by atoms with Gasteiger partial charge in [-0.15, -0.1) is 0 Å². The summed E-state index contributed by atoms with van der Waals surface area (Å²) in [5.41, 5.74) is 1.98. The van der Waals surface area contributed by atoms with Crippen LogP contribution in [0.1, 0.15) is 31.9 Å². The lowest BCUT2D eigenvalue weighted by Gasteiger charge is -2.22. The third-order valence-corrected chi connectivity index (χ3v) is 2.98. The molecule has 0 unspecified atom stereocenters. The first-order valence-electron chi connectivity index (χ1n) is 6.14. The molecule has 0 N–H and O–H groups in total. The average Bonchev–Trinajstić information content (AvgIpc) is 2.33. The van der Waals surface area contributed by atoms with Crippen molar-refractivity contribution in [2.75, 3.05) is 0 Å². The van der Waals surface area contributed by atoms with Gasteiger partial charge in [0.2, 0.25) is 11.2 Å². The lowest BCUT2D eigenvalue weighted by Crippen LogP contribution is -2.12. The van der Waals surface area contributed by atoms with E-state index in [0.717, 1.165) is 16.9 Å². The van der Waals surface area contributed by atoms with Crippen LogP contribution in [0, 0.1) is 6.92 Å². The summed E-state index contributed by atoms with van der Waals surface area (Å²) in [6.45, 7) is 8.34. The fourth-order valence-electron chi connectivity index (χ4n) is 1.79. The maximum absolute atomic E-state index is 5.91. The molecule has 0 saturated carbocycles. The van der Waals surface area contributed by atoms with Gasteiger partial charge >= 0.3 is 0 Å². The minimum atomic E-state index is 0.00131. The Morgan fingerprint density at radius 2 is 1.84 bits per heavy atom. The van der Waals surface area contributed by atoms with E-state index in [-0.39, 0.29) is 10.7 Å². The van der Waals surface area contributed by atoms with E-state index in [2.05, 4.69) is 36.8 Å². The summed E-state index contributed by atoms with van der Waals surface area (Å²) >= 11 is 5.81. The van der Waals surface area contributed by atoms with Gasteiger partial charge in [-0.3, -0.25) is 0 Å². The molecule has 0 saturated heterocycles. The molecule has 0 atom stereocenters. The van der Waals surface area contributed by atoms with Crippen molar-refractivity contribution in [1.29, 1.82) is 0 Å². The van der Waals surface area contributed by atoms with E-state index in [9.17, 15) is 0 Å². The smallest absolute Gasteiger partial charge is 0.226 e. The Labute approximate surface area is 118 Å². The number of nitrogens with zero attached hydrogens (tertiary/aromatic N) is 2. The van der Waals surface area contributed by atoms with Gasteiger partial charge in [0.05, 0.1) is 0 Å². The van der Waals surface area contributed by atoms with Gasteiger partial charge in [0.1, 0.15) is 5.75 Å². The Morgan fingerprint density at radius 3 is 2.53 bits per heavy atom. The van der Waals surface area contributed by atoms with Gasteiger partial charge in [0, 0.05) is 17.3 Å². The molecule has 4 heteroatoms. The number of benzene rings is 1. The molecule has 0 spiro atoms. The van der Waals surface area contributed by atoms with Crippen molar-refractivity contribution in [1.82, 2.24) is 9.97 Å². The second-order valence-corrected chi connectivity index (χ2v) is 5.81. The summed E-state index contributed by atoms with van der Waals surface area (Å²) in [6.07, 6.45) is 1.66. The van der Waals surface area contributed by atoms with Crippen molar-refractivity contribution in [3.63, 3.8) is 0 Å². The average molecular weight is 277 g/mol. The monoisotopic (exact) mass is 276 g/mol. The summed E-state index contributed by atoms with van der Waals surface area (Å²) in [5, 5.41) is 0.189. The maximum atomic E-state index is 5.91. The highest BCUT2D eigenvalue weighted by Gasteiger charge is 2.19. The van der Waals surface area contributed by atoms with Crippen molar-refractivity contribution in [2.45, 2.75) is 33.1 Å². The third-order valence-electron chi connectivity index (χ3n) is 2.80. The highest BCUT2D eigenvalue weighted by Crippen LogP contribution is 2.34. The number of aromatic nitrogens is 2. The second-order valence-electron chi connectivity index (χ2n) is 5.48. The van der Waals surface area contributed by atoms with E-state index in [0.29, 0.717) is 5.88 Å². The number of aryl methyl sites for hydroxylation is 1. The normalized spacial score (nSPS) is 11.4. The second kappa shape index (κ2) is 5.17. The van der Waals surface area contributed by atoms with E-state index in [4.69, 9.17) is 16.3 Å². The SMILES string of the molecule is Cc1cnc(Cl)nc1Oc1ccccc1C(C)(C)C. The van der Waals surface area contributed by atoms with Crippen LogP contribution >= 0.6 is 11.6 Å². The standard InChI is InChI=1S/C15H17ClN2O/c1-10-9-17-14(16)18-13(10)19-12-8-6-5-7-11(12)15(2,3)4/h5-9H,1-4H3. The van der Waals surface area contributed by atoms with Gasteiger partial charge in [0.15, 0.2) is 0 Å². The lowest BCUT2D eigenvalue weighted by molar-refractivity contribution is 0.435. The van der Waals surface area contributed by atoms with Crippen molar-refractivity contribution in [3.05, 3.63) is 46.9 Å². The molecule has 0 aliphatic carbocycles. The van der Waals surface area contributed by atoms with E-state index < -0.39 is 0 Å². The summed E-state index contributed by atoms with van der Waals surface area (Å²) < 4.78 is 5.91. The molecule has 19 heavy (non-hydrogen) atoms. The van der Waals surface area contributed by atoms with E-state index in [1.165, 1.54) is 0 Å². The van der Waals surface area contributed by atoms with Crippen LogP contribution in [0.15, 0.2) is 30.5 Å². The molecule has 3 nitrogen and oxygen atoms in total. The van der Waals surface area contributed by atoms with Crippen LogP contribution in [0.2, 0.25) is 5.28 Å². The maximum Gasteiger partial charge on any atom is 0.226 e. The molecule has 2 rings (SSSR count). The number of para-hydroxylation sites is 1. The van der Waals surface area contributed by atoms with Crippen molar-refractivity contribution in [2.24, 2.45) is 0 Å².